The third kappa shape index (κ3) is 1.16. The molecule has 0 amide bonds. The lowest BCUT2D eigenvalue weighted by molar-refractivity contribution is 0.492. The first-order valence-corrected chi connectivity index (χ1v) is 4.28. The number of rotatable bonds is 1. The van der Waals surface area contributed by atoms with E-state index < -0.39 is 11.6 Å². The zero-order valence-corrected chi connectivity index (χ0v) is 7.83. The Labute approximate surface area is 79.4 Å². The van der Waals surface area contributed by atoms with Crippen molar-refractivity contribution in [3.63, 3.8) is 0 Å². The number of fused-ring (bicyclic) bond motifs is 1. The minimum atomic E-state index is -0.936. The monoisotopic (exact) mass is 197 g/mol. The van der Waals surface area contributed by atoms with Crippen LogP contribution in [0.15, 0.2) is 12.5 Å². The van der Waals surface area contributed by atoms with E-state index >= 15 is 0 Å². The standard InChI is InChI=1S/C9H9F2N3/c1-5(2)6-3-14-9(12-4-13-14)8(11)7(6)10/h3-5H,1-2H3. The Bertz CT molecular complexity index is 476. The van der Waals surface area contributed by atoms with Crippen LogP contribution in [0.2, 0.25) is 0 Å². The van der Waals surface area contributed by atoms with E-state index in [1.807, 2.05) is 0 Å². The third-order valence-electron chi connectivity index (χ3n) is 2.10. The second kappa shape index (κ2) is 3.01. The van der Waals surface area contributed by atoms with Crippen molar-refractivity contribution in [1.29, 1.82) is 0 Å². The quantitative estimate of drug-likeness (QED) is 0.701. The smallest absolute Gasteiger partial charge is 0.203 e. The Morgan fingerprint density at radius 1 is 1.29 bits per heavy atom. The van der Waals surface area contributed by atoms with Gasteiger partial charge < -0.3 is 0 Å². The lowest BCUT2D eigenvalue weighted by Gasteiger charge is -2.07. The fourth-order valence-electron chi connectivity index (χ4n) is 1.32. The molecule has 2 aromatic heterocycles. The molecule has 5 heteroatoms. The second-order valence-corrected chi connectivity index (χ2v) is 3.40. The molecule has 74 valence electrons. The van der Waals surface area contributed by atoms with E-state index in [0.717, 1.165) is 0 Å². The third-order valence-corrected chi connectivity index (χ3v) is 2.10. The Morgan fingerprint density at radius 2 is 2.00 bits per heavy atom. The number of hydrogen-bond acceptors (Lipinski definition) is 2. The highest BCUT2D eigenvalue weighted by Crippen LogP contribution is 2.21. The minimum absolute atomic E-state index is 0.0769. The summed E-state index contributed by atoms with van der Waals surface area (Å²) in [5.74, 6) is -1.85. The van der Waals surface area contributed by atoms with Crippen molar-refractivity contribution in [2.45, 2.75) is 19.8 Å². The van der Waals surface area contributed by atoms with Crippen LogP contribution in [-0.4, -0.2) is 14.6 Å². The molecule has 0 bridgehead atoms. The van der Waals surface area contributed by atoms with Gasteiger partial charge in [-0.1, -0.05) is 13.8 Å². The van der Waals surface area contributed by atoms with Gasteiger partial charge in [0.15, 0.2) is 11.5 Å². The van der Waals surface area contributed by atoms with Crippen molar-refractivity contribution in [3.8, 4) is 0 Å². The molecule has 0 aliphatic carbocycles. The number of nitrogens with zero attached hydrogens (tertiary/aromatic N) is 3. The van der Waals surface area contributed by atoms with Gasteiger partial charge >= 0.3 is 0 Å². The normalized spacial score (nSPS) is 11.5. The van der Waals surface area contributed by atoms with E-state index in [1.165, 1.54) is 17.0 Å². The molecule has 2 aromatic rings. The maximum absolute atomic E-state index is 13.4. The van der Waals surface area contributed by atoms with Crippen molar-refractivity contribution >= 4 is 5.65 Å². The van der Waals surface area contributed by atoms with Crippen LogP contribution in [0.4, 0.5) is 8.78 Å². The predicted octanol–water partition coefficient (Wildman–Crippen LogP) is 2.13. The molecule has 0 spiro atoms. The van der Waals surface area contributed by atoms with Crippen LogP contribution in [0, 0.1) is 11.6 Å². The van der Waals surface area contributed by atoms with E-state index in [1.54, 1.807) is 13.8 Å². The van der Waals surface area contributed by atoms with Crippen molar-refractivity contribution in [3.05, 3.63) is 29.7 Å². The van der Waals surface area contributed by atoms with E-state index in [4.69, 9.17) is 0 Å². The lowest BCUT2D eigenvalue weighted by Crippen LogP contribution is -2.02. The number of pyridine rings is 1. The zero-order chi connectivity index (χ0) is 10.3. The maximum atomic E-state index is 13.4. The van der Waals surface area contributed by atoms with E-state index in [2.05, 4.69) is 10.1 Å². The summed E-state index contributed by atoms with van der Waals surface area (Å²) < 4.78 is 28.0. The van der Waals surface area contributed by atoms with Gasteiger partial charge in [0.05, 0.1) is 0 Å². The Morgan fingerprint density at radius 3 is 2.64 bits per heavy atom. The SMILES string of the molecule is CC(C)c1cn2ncnc2c(F)c1F. The van der Waals surface area contributed by atoms with Gasteiger partial charge in [-0.3, -0.25) is 0 Å². The fraction of sp³-hybridized carbons (Fsp3) is 0.333. The summed E-state index contributed by atoms with van der Waals surface area (Å²) in [4.78, 5) is 3.62. The number of halogens is 2. The molecular weight excluding hydrogens is 188 g/mol. The van der Waals surface area contributed by atoms with Crippen LogP contribution in [0.1, 0.15) is 25.3 Å². The van der Waals surface area contributed by atoms with Gasteiger partial charge in [0.25, 0.3) is 0 Å². The highest BCUT2D eigenvalue weighted by atomic mass is 19.2. The maximum Gasteiger partial charge on any atom is 0.203 e. The molecule has 2 rings (SSSR count). The van der Waals surface area contributed by atoms with Crippen LogP contribution in [0.5, 0.6) is 0 Å². The number of aromatic nitrogens is 3. The molecule has 0 saturated heterocycles. The first-order valence-electron chi connectivity index (χ1n) is 4.28. The first kappa shape index (κ1) is 9.05. The summed E-state index contributed by atoms with van der Waals surface area (Å²) in [6, 6.07) is 0. The molecule has 0 fully saturated rings. The van der Waals surface area contributed by atoms with Crippen molar-refractivity contribution in [2.75, 3.05) is 0 Å². The number of hydrogen-bond donors (Lipinski definition) is 0. The average Bonchev–Trinajstić information content (AvgIpc) is 2.58. The van der Waals surface area contributed by atoms with Crippen molar-refractivity contribution in [1.82, 2.24) is 14.6 Å². The van der Waals surface area contributed by atoms with Crippen LogP contribution < -0.4 is 0 Å². The molecular formula is C9H9F2N3. The van der Waals surface area contributed by atoms with Gasteiger partial charge in [-0.25, -0.2) is 13.9 Å². The van der Waals surface area contributed by atoms with E-state index in [9.17, 15) is 8.78 Å². The van der Waals surface area contributed by atoms with Crippen LogP contribution in [0.3, 0.4) is 0 Å². The van der Waals surface area contributed by atoms with Crippen LogP contribution >= 0.6 is 0 Å². The van der Waals surface area contributed by atoms with Crippen LogP contribution in [0.25, 0.3) is 5.65 Å². The summed E-state index contributed by atoms with van der Waals surface area (Å²) in [6.07, 6.45) is 2.66. The fourth-order valence-corrected chi connectivity index (χ4v) is 1.32. The molecule has 14 heavy (non-hydrogen) atoms. The summed E-state index contributed by atoms with van der Waals surface area (Å²) in [5, 5.41) is 3.76. The van der Waals surface area contributed by atoms with E-state index in [-0.39, 0.29) is 11.6 Å². The molecule has 0 unspecified atom stereocenters. The summed E-state index contributed by atoms with van der Waals surface area (Å²) >= 11 is 0. The summed E-state index contributed by atoms with van der Waals surface area (Å²) in [6.45, 7) is 3.58. The molecule has 0 aromatic carbocycles. The summed E-state index contributed by atoms with van der Waals surface area (Å²) in [5.41, 5.74) is 0.229. The van der Waals surface area contributed by atoms with Gasteiger partial charge in [0.2, 0.25) is 5.82 Å². The Balaban J connectivity index is 2.80. The molecule has 0 saturated carbocycles. The topological polar surface area (TPSA) is 30.2 Å². The predicted molar refractivity (Wildman–Crippen MR) is 47.0 cm³/mol. The minimum Gasteiger partial charge on any atom is -0.218 e. The van der Waals surface area contributed by atoms with Gasteiger partial charge in [-0.05, 0) is 5.92 Å². The van der Waals surface area contributed by atoms with Crippen LogP contribution in [-0.2, 0) is 0 Å². The van der Waals surface area contributed by atoms with Gasteiger partial charge in [-0.2, -0.15) is 9.49 Å². The van der Waals surface area contributed by atoms with Gasteiger partial charge in [0.1, 0.15) is 6.33 Å². The molecule has 3 nitrogen and oxygen atoms in total. The Hall–Kier alpha value is -1.52. The first-order chi connectivity index (χ1) is 6.61. The summed E-state index contributed by atoms with van der Waals surface area (Å²) in [7, 11) is 0. The Kier molecular flexibility index (Phi) is 1.94. The largest absolute Gasteiger partial charge is 0.218 e. The van der Waals surface area contributed by atoms with Crippen molar-refractivity contribution in [2.24, 2.45) is 0 Å². The van der Waals surface area contributed by atoms with Crippen molar-refractivity contribution < 1.29 is 8.78 Å². The lowest BCUT2D eigenvalue weighted by atomic mass is 10.1. The van der Waals surface area contributed by atoms with Gasteiger partial charge in [0, 0.05) is 11.8 Å². The second-order valence-electron chi connectivity index (χ2n) is 3.40. The average molecular weight is 197 g/mol. The van der Waals surface area contributed by atoms with E-state index in [0.29, 0.717) is 5.56 Å². The molecule has 0 aliphatic rings. The molecule has 0 N–H and O–H groups in total. The van der Waals surface area contributed by atoms with Gasteiger partial charge in [-0.15, -0.1) is 0 Å². The zero-order valence-electron chi connectivity index (χ0n) is 7.83. The molecule has 0 atom stereocenters. The molecule has 0 aliphatic heterocycles. The highest BCUT2D eigenvalue weighted by Gasteiger charge is 2.16. The molecule has 2 heterocycles. The highest BCUT2D eigenvalue weighted by molar-refractivity contribution is 5.41. The molecule has 0 radical (unpaired) electrons.